The van der Waals surface area contributed by atoms with Crippen molar-refractivity contribution in [3.05, 3.63) is 29.8 Å². The zero-order chi connectivity index (χ0) is 9.68. The summed E-state index contributed by atoms with van der Waals surface area (Å²) in [5.41, 5.74) is 0.774. The second-order valence-electron chi connectivity index (χ2n) is 2.79. The van der Waals surface area contributed by atoms with Gasteiger partial charge in [0.15, 0.2) is 0 Å². The minimum absolute atomic E-state index is 0.0588. The Labute approximate surface area is 77.0 Å². The van der Waals surface area contributed by atoms with Gasteiger partial charge in [0.2, 0.25) is 0 Å². The van der Waals surface area contributed by atoms with Gasteiger partial charge in [0.1, 0.15) is 19.0 Å². The van der Waals surface area contributed by atoms with Crippen molar-refractivity contribution in [1.29, 1.82) is 0 Å². The fraction of sp³-hybridized carbons (Fsp3) is 0.400. The highest BCUT2D eigenvalue weighted by atomic mass is 19.1. The van der Waals surface area contributed by atoms with E-state index in [2.05, 4.69) is 0 Å². The van der Waals surface area contributed by atoms with E-state index in [-0.39, 0.29) is 6.61 Å². The maximum atomic E-state index is 11.8. The van der Waals surface area contributed by atoms with Crippen LogP contribution in [-0.4, -0.2) is 18.4 Å². The quantitative estimate of drug-likeness (QED) is 0.776. The predicted octanol–water partition coefficient (Wildman–Crippen LogP) is 2.09. The van der Waals surface area contributed by atoms with E-state index in [1.807, 2.05) is 0 Å². The lowest BCUT2D eigenvalue weighted by Gasteiger charge is -2.07. The number of ether oxygens (including phenoxy) is 1. The van der Waals surface area contributed by atoms with Crippen LogP contribution >= 0.6 is 0 Å². The molecule has 0 saturated carbocycles. The Hall–Kier alpha value is -1.09. The van der Waals surface area contributed by atoms with Gasteiger partial charge < -0.3 is 9.84 Å². The van der Waals surface area contributed by atoms with Crippen molar-refractivity contribution in [3.8, 4) is 5.75 Å². The normalized spacial score (nSPS) is 12.5. The van der Waals surface area contributed by atoms with Crippen LogP contribution in [-0.2, 0) is 0 Å². The van der Waals surface area contributed by atoms with Crippen molar-refractivity contribution in [2.24, 2.45) is 0 Å². The molecule has 0 heterocycles. The molecule has 0 aliphatic rings. The van der Waals surface area contributed by atoms with Crippen LogP contribution in [0.25, 0.3) is 0 Å². The molecule has 1 rings (SSSR count). The summed E-state index contributed by atoms with van der Waals surface area (Å²) in [6.45, 7) is 1.23. The zero-order valence-corrected chi connectivity index (χ0v) is 7.53. The van der Waals surface area contributed by atoms with Crippen molar-refractivity contribution in [3.63, 3.8) is 0 Å². The van der Waals surface area contributed by atoms with Crippen LogP contribution in [0.2, 0.25) is 0 Å². The SMILES string of the molecule is CC(O)c1cccc(OCCF)c1. The molecule has 0 aromatic heterocycles. The second-order valence-corrected chi connectivity index (χ2v) is 2.79. The molecule has 2 nitrogen and oxygen atoms in total. The van der Waals surface area contributed by atoms with E-state index in [9.17, 15) is 9.50 Å². The van der Waals surface area contributed by atoms with Crippen molar-refractivity contribution >= 4 is 0 Å². The van der Waals surface area contributed by atoms with Gasteiger partial charge >= 0.3 is 0 Å². The number of halogens is 1. The maximum Gasteiger partial charge on any atom is 0.123 e. The van der Waals surface area contributed by atoms with E-state index in [4.69, 9.17) is 4.74 Å². The molecule has 0 spiro atoms. The molecule has 0 bridgehead atoms. The topological polar surface area (TPSA) is 29.5 Å². The Morgan fingerprint density at radius 3 is 2.92 bits per heavy atom. The molecule has 0 fully saturated rings. The lowest BCUT2D eigenvalue weighted by Crippen LogP contribution is -1.99. The Morgan fingerprint density at radius 2 is 2.31 bits per heavy atom. The summed E-state index contributed by atoms with van der Waals surface area (Å²) in [5.74, 6) is 0.594. The Balaban J connectivity index is 2.68. The van der Waals surface area contributed by atoms with E-state index in [1.165, 1.54) is 0 Å². The van der Waals surface area contributed by atoms with Crippen LogP contribution < -0.4 is 4.74 Å². The molecule has 1 aromatic rings. The van der Waals surface area contributed by atoms with Gasteiger partial charge in [-0.15, -0.1) is 0 Å². The van der Waals surface area contributed by atoms with Crippen molar-refractivity contribution in [2.75, 3.05) is 13.3 Å². The van der Waals surface area contributed by atoms with Gasteiger partial charge in [-0.25, -0.2) is 4.39 Å². The third kappa shape index (κ3) is 3.03. The summed E-state index contributed by atoms with van der Waals surface area (Å²) in [6.07, 6.45) is -0.520. The van der Waals surface area contributed by atoms with E-state index >= 15 is 0 Å². The number of aliphatic hydroxyl groups is 1. The van der Waals surface area contributed by atoms with Gasteiger partial charge in [-0.1, -0.05) is 12.1 Å². The van der Waals surface area contributed by atoms with E-state index in [0.29, 0.717) is 5.75 Å². The summed E-state index contributed by atoms with van der Waals surface area (Å²) in [4.78, 5) is 0. The molecule has 1 atom stereocenters. The minimum Gasteiger partial charge on any atom is -0.491 e. The Kier molecular flexibility index (Phi) is 3.71. The molecule has 3 heteroatoms. The largest absolute Gasteiger partial charge is 0.491 e. The smallest absolute Gasteiger partial charge is 0.123 e. The minimum atomic E-state index is -0.520. The number of hydrogen-bond acceptors (Lipinski definition) is 2. The summed E-state index contributed by atoms with van der Waals surface area (Å²) < 4.78 is 16.8. The lowest BCUT2D eigenvalue weighted by molar-refractivity contribution is 0.198. The van der Waals surface area contributed by atoms with Crippen LogP contribution in [0.1, 0.15) is 18.6 Å². The summed E-state index contributed by atoms with van der Waals surface area (Å²) in [6, 6.07) is 7.02. The summed E-state index contributed by atoms with van der Waals surface area (Å²) >= 11 is 0. The van der Waals surface area contributed by atoms with Crippen molar-refractivity contribution in [2.45, 2.75) is 13.0 Å². The van der Waals surface area contributed by atoms with Gasteiger partial charge in [-0.05, 0) is 24.6 Å². The predicted molar refractivity (Wildman–Crippen MR) is 48.5 cm³/mol. The fourth-order valence-electron chi connectivity index (χ4n) is 1.02. The molecule has 13 heavy (non-hydrogen) atoms. The molecular formula is C10H13FO2. The molecule has 1 aromatic carbocycles. The zero-order valence-electron chi connectivity index (χ0n) is 7.53. The third-order valence-corrected chi connectivity index (χ3v) is 1.69. The molecule has 0 saturated heterocycles. The first-order chi connectivity index (χ1) is 6.24. The third-order valence-electron chi connectivity index (χ3n) is 1.69. The highest BCUT2D eigenvalue weighted by molar-refractivity contribution is 5.29. The standard InChI is InChI=1S/C10H13FO2/c1-8(12)9-3-2-4-10(7-9)13-6-5-11/h2-4,7-8,12H,5-6H2,1H3. The van der Waals surface area contributed by atoms with Crippen molar-refractivity contribution in [1.82, 2.24) is 0 Å². The molecule has 0 radical (unpaired) electrons. The van der Waals surface area contributed by atoms with Crippen LogP contribution in [0.4, 0.5) is 4.39 Å². The molecule has 72 valence electrons. The van der Waals surface area contributed by atoms with Crippen LogP contribution in [0, 0.1) is 0 Å². The number of aliphatic hydroxyl groups excluding tert-OH is 1. The molecule has 0 amide bonds. The van der Waals surface area contributed by atoms with Gasteiger partial charge in [-0.2, -0.15) is 0 Å². The number of rotatable bonds is 4. The molecule has 1 N–H and O–H groups in total. The average Bonchev–Trinajstić information content (AvgIpc) is 2.15. The Bertz CT molecular complexity index is 261. The Morgan fingerprint density at radius 1 is 1.54 bits per heavy atom. The second kappa shape index (κ2) is 4.82. The number of alkyl halides is 1. The van der Waals surface area contributed by atoms with Crippen LogP contribution in [0.5, 0.6) is 5.75 Å². The van der Waals surface area contributed by atoms with Gasteiger partial charge in [0.05, 0.1) is 6.10 Å². The van der Waals surface area contributed by atoms with E-state index in [0.717, 1.165) is 5.56 Å². The van der Waals surface area contributed by atoms with Gasteiger partial charge in [0, 0.05) is 0 Å². The first kappa shape index (κ1) is 9.99. The molecule has 1 unspecified atom stereocenters. The maximum absolute atomic E-state index is 11.8. The monoisotopic (exact) mass is 184 g/mol. The number of benzene rings is 1. The first-order valence-electron chi connectivity index (χ1n) is 4.21. The highest BCUT2D eigenvalue weighted by Gasteiger charge is 2.01. The highest BCUT2D eigenvalue weighted by Crippen LogP contribution is 2.18. The van der Waals surface area contributed by atoms with Crippen LogP contribution in [0.15, 0.2) is 24.3 Å². The number of hydrogen-bond donors (Lipinski definition) is 1. The van der Waals surface area contributed by atoms with Crippen LogP contribution in [0.3, 0.4) is 0 Å². The van der Waals surface area contributed by atoms with Crippen molar-refractivity contribution < 1.29 is 14.2 Å². The lowest BCUT2D eigenvalue weighted by atomic mass is 10.1. The molecular weight excluding hydrogens is 171 g/mol. The van der Waals surface area contributed by atoms with Gasteiger partial charge in [0.25, 0.3) is 0 Å². The molecule has 0 aliphatic heterocycles. The van der Waals surface area contributed by atoms with E-state index < -0.39 is 12.8 Å². The fourth-order valence-corrected chi connectivity index (χ4v) is 1.02. The average molecular weight is 184 g/mol. The summed E-state index contributed by atoms with van der Waals surface area (Å²) in [5, 5.41) is 9.24. The molecule has 0 aliphatic carbocycles. The first-order valence-corrected chi connectivity index (χ1v) is 4.21. The van der Waals surface area contributed by atoms with Gasteiger partial charge in [-0.3, -0.25) is 0 Å². The van der Waals surface area contributed by atoms with E-state index in [1.54, 1.807) is 31.2 Å². The summed E-state index contributed by atoms with van der Waals surface area (Å²) in [7, 11) is 0.